The van der Waals surface area contributed by atoms with Gasteiger partial charge < -0.3 is 80.0 Å². The van der Waals surface area contributed by atoms with E-state index in [2.05, 4.69) is 79.3 Å². The van der Waals surface area contributed by atoms with Crippen LogP contribution in [0.4, 0.5) is 28.3 Å². The number of rotatable bonds is 20. The summed E-state index contributed by atoms with van der Waals surface area (Å²) in [6, 6.07) is -2.61. The van der Waals surface area contributed by atoms with Crippen molar-refractivity contribution in [3.8, 4) is 0 Å². The molecule has 31 heteroatoms. The fourth-order valence-electron chi connectivity index (χ4n) is 11.6. The third-order valence-electron chi connectivity index (χ3n) is 16.3. The highest BCUT2D eigenvalue weighted by atomic mass is 16.3. The van der Waals surface area contributed by atoms with Gasteiger partial charge in [-0.05, 0) is 53.4 Å². The van der Waals surface area contributed by atoms with E-state index in [4.69, 9.17) is 29.9 Å². The number of carbonyl (C=O) groups is 1. The second kappa shape index (κ2) is 22.8. The SMILES string of the molecule is CC(C)n1cnc(CCNc2nc(N[C@@H]3CCN(C(=O)N4CC[C@@H](Nc5nc(NCCc6cn(C(C)C)cn6)nc6c5ncn6[C@@H]5C[C@H](n6ncc(CO)n6)[C@@H](O)[C@H]5O)C4)C3)c3ncn([C@@H]4C[C@H](n5ncc(CO)n5)[C@@H](O)[C@H]4O)c3n2)c1. The van der Waals surface area contributed by atoms with E-state index in [0.717, 1.165) is 11.4 Å². The molecule has 10 N–H and O–H groups in total. The third-order valence-corrected chi connectivity index (χ3v) is 16.3. The number of likely N-dealkylation sites (tertiary alicyclic amines) is 2. The maximum Gasteiger partial charge on any atom is 0.320 e. The van der Waals surface area contributed by atoms with Crippen LogP contribution in [-0.2, 0) is 26.1 Å². The van der Waals surface area contributed by atoms with Gasteiger partial charge in [0.1, 0.15) is 47.9 Å². The van der Waals surface area contributed by atoms with Crippen molar-refractivity contribution in [3.63, 3.8) is 0 Å². The highest BCUT2D eigenvalue weighted by Crippen LogP contribution is 2.42. The van der Waals surface area contributed by atoms with Crippen molar-refractivity contribution in [1.82, 2.24) is 97.9 Å². The van der Waals surface area contributed by atoms with Gasteiger partial charge in [0.15, 0.2) is 34.0 Å². The molecule has 8 aromatic heterocycles. The van der Waals surface area contributed by atoms with E-state index in [1.165, 1.54) is 22.0 Å². The van der Waals surface area contributed by atoms with E-state index < -0.39 is 48.6 Å². The predicted octanol–water partition coefficient (Wildman–Crippen LogP) is 0.606. The van der Waals surface area contributed by atoms with Gasteiger partial charge in [-0.25, -0.2) is 24.7 Å². The number of nitrogens with one attached hydrogen (secondary N) is 4. The van der Waals surface area contributed by atoms with Crippen LogP contribution >= 0.6 is 0 Å². The lowest BCUT2D eigenvalue weighted by molar-refractivity contribution is 0.00491. The number of aromatic nitrogens is 18. The van der Waals surface area contributed by atoms with E-state index >= 15 is 0 Å². The van der Waals surface area contributed by atoms with Gasteiger partial charge in [0.2, 0.25) is 11.9 Å². The maximum atomic E-state index is 14.4. The lowest BCUT2D eigenvalue weighted by atomic mass is 10.2. The summed E-state index contributed by atoms with van der Waals surface area (Å²) in [6.07, 6.45) is 11.8. The molecule has 0 aromatic carbocycles. The molecule has 8 aromatic rings. The molecule has 4 fully saturated rings. The zero-order chi connectivity index (χ0) is 56.9. The average Bonchev–Trinajstić information content (AvgIpc) is 3.76. The molecule has 0 radical (unpaired) electrons. The number of aliphatic hydroxyl groups excluding tert-OH is 6. The Morgan fingerprint density at radius 3 is 1.39 bits per heavy atom. The first-order valence-electron chi connectivity index (χ1n) is 28.0. The minimum Gasteiger partial charge on any atom is -0.390 e. The van der Waals surface area contributed by atoms with Gasteiger partial charge in [0.25, 0.3) is 0 Å². The van der Waals surface area contributed by atoms with E-state index in [1.807, 2.05) is 44.0 Å². The smallest absolute Gasteiger partial charge is 0.320 e. The van der Waals surface area contributed by atoms with E-state index in [1.54, 1.807) is 21.8 Å². The van der Waals surface area contributed by atoms with E-state index in [0.29, 0.717) is 122 Å². The Hall–Kier alpha value is -7.97. The average molecular weight is 1130 g/mol. The molecule has 436 valence electrons. The third kappa shape index (κ3) is 10.7. The molecule has 10 atom stereocenters. The van der Waals surface area contributed by atoms with Gasteiger partial charge in [0.05, 0.1) is 74.4 Å². The Balaban J connectivity index is 0.741. The zero-order valence-corrected chi connectivity index (χ0v) is 46.0. The molecule has 2 saturated heterocycles. The minimum atomic E-state index is -1.21. The van der Waals surface area contributed by atoms with E-state index in [9.17, 15) is 35.4 Å². The molecule has 0 bridgehead atoms. The summed E-state index contributed by atoms with van der Waals surface area (Å²) in [5.41, 5.74) is 4.28. The first kappa shape index (κ1) is 54.6. The van der Waals surface area contributed by atoms with Crippen LogP contribution in [0.3, 0.4) is 0 Å². The van der Waals surface area contributed by atoms with Gasteiger partial charge in [-0.3, -0.25) is 0 Å². The summed E-state index contributed by atoms with van der Waals surface area (Å²) in [5, 5.41) is 95.6. The molecule has 0 unspecified atom stereocenters. The highest BCUT2D eigenvalue weighted by molar-refractivity contribution is 5.86. The van der Waals surface area contributed by atoms with Crippen LogP contribution in [0, 0.1) is 0 Å². The van der Waals surface area contributed by atoms with Crippen molar-refractivity contribution in [1.29, 1.82) is 0 Å². The summed E-state index contributed by atoms with van der Waals surface area (Å²) in [7, 11) is 0. The Morgan fingerprint density at radius 2 is 1.00 bits per heavy atom. The standard InChI is InChI=1S/C51H70N24O7/c1-27(2)70-17-29(54-23-70)5-9-52-49-62-45(39-47(64-49)72(25-56-39)35-13-37(43(80)41(35)78)74-58-15-33(21-76)66-74)60-31-7-11-68(19-31)51(82)69-12-8-32(20-69)61-46-40-48(65-50(63-46)53-10-6-30-18-71(24-55-30)28(3)4)73(26-57-40)36-14-38(44(81)42(36)79)75-59-16-34(22-77)67-75/h15-18,23-28,31-32,35-38,41-44,76-81H,5-14,19-22H2,1-4H3,(H2,52,60,62,64)(H2,53,61,63,65)/t31-,32-,35-,36-,37+,38+,41+,42+,43-,44-/m1/s1. The topological polar surface area (TPSA) is 377 Å². The maximum absolute atomic E-state index is 14.4. The van der Waals surface area contributed by atoms with Crippen LogP contribution in [0.15, 0.2) is 50.1 Å². The Labute approximate surface area is 469 Å². The van der Waals surface area contributed by atoms with Gasteiger partial charge >= 0.3 is 6.03 Å². The molecule has 4 aliphatic rings. The monoisotopic (exact) mass is 1130 g/mol. The highest BCUT2D eigenvalue weighted by Gasteiger charge is 2.47. The Morgan fingerprint density at radius 1 is 0.573 bits per heavy atom. The predicted molar refractivity (Wildman–Crippen MR) is 294 cm³/mol. The molecule has 2 saturated carbocycles. The van der Waals surface area contributed by atoms with Gasteiger partial charge in [-0.1, -0.05) is 0 Å². The summed E-state index contributed by atoms with van der Waals surface area (Å²) < 4.78 is 7.60. The quantitative estimate of drug-likeness (QED) is 0.0500. The van der Waals surface area contributed by atoms with Crippen molar-refractivity contribution in [2.75, 3.05) is 60.5 Å². The van der Waals surface area contributed by atoms with Crippen LogP contribution < -0.4 is 21.3 Å². The number of hydrogen-bond donors (Lipinski definition) is 10. The lowest BCUT2D eigenvalue weighted by Gasteiger charge is -2.25. The van der Waals surface area contributed by atoms with Crippen LogP contribution in [-0.4, -0.2) is 210 Å². The normalized spacial score (nSPS) is 24.8. The molecular weight excluding hydrogens is 1060 g/mol. The molecule has 2 amide bonds. The Bertz CT molecular complexity index is 3290. The first-order valence-corrected chi connectivity index (χ1v) is 28.0. The number of aliphatic hydroxyl groups is 6. The number of fused-ring (bicyclic) bond motifs is 2. The number of nitrogens with zero attached hydrogens (tertiary/aromatic N) is 20. The van der Waals surface area contributed by atoms with Crippen LogP contribution in [0.1, 0.15) is 112 Å². The van der Waals surface area contributed by atoms with Crippen molar-refractivity contribution < 1.29 is 35.4 Å². The molecule has 31 nitrogen and oxygen atoms in total. The van der Waals surface area contributed by atoms with Crippen molar-refractivity contribution in [2.24, 2.45) is 0 Å². The fourth-order valence-corrected chi connectivity index (χ4v) is 11.6. The number of hydrogen-bond acceptors (Lipinski definition) is 23. The number of urea groups is 1. The van der Waals surface area contributed by atoms with Gasteiger partial charge in [-0.15, -0.1) is 0 Å². The number of amides is 2. The van der Waals surface area contributed by atoms with Crippen molar-refractivity contribution in [3.05, 3.63) is 72.9 Å². The molecule has 10 heterocycles. The number of carbonyl (C=O) groups excluding carboxylic acids is 1. The van der Waals surface area contributed by atoms with Crippen molar-refractivity contribution in [2.45, 2.75) is 152 Å². The lowest BCUT2D eigenvalue weighted by Crippen LogP contribution is -2.42. The number of imidazole rings is 4. The van der Waals surface area contributed by atoms with Crippen LogP contribution in [0.25, 0.3) is 22.3 Å². The molecule has 12 rings (SSSR count). The summed E-state index contributed by atoms with van der Waals surface area (Å²) in [4.78, 5) is 59.0. The van der Waals surface area contributed by atoms with Gasteiger partial charge in [0, 0.05) is 88.7 Å². The van der Waals surface area contributed by atoms with Crippen LogP contribution in [0.2, 0.25) is 0 Å². The molecule has 0 spiro atoms. The first-order chi connectivity index (χ1) is 39.7. The second-order valence-corrected chi connectivity index (χ2v) is 22.4. The summed E-state index contributed by atoms with van der Waals surface area (Å²) in [5.74, 6) is 1.54. The van der Waals surface area contributed by atoms with E-state index in [-0.39, 0.29) is 56.3 Å². The summed E-state index contributed by atoms with van der Waals surface area (Å²) >= 11 is 0. The molecule has 82 heavy (non-hydrogen) atoms. The fraction of sp³-hybridized carbons (Fsp3) is 0.588. The van der Waals surface area contributed by atoms with Crippen LogP contribution in [0.5, 0.6) is 0 Å². The second-order valence-electron chi connectivity index (χ2n) is 22.4. The number of anilines is 4. The zero-order valence-electron chi connectivity index (χ0n) is 46.0. The van der Waals surface area contributed by atoms with Gasteiger partial charge in [-0.2, -0.15) is 49.9 Å². The minimum absolute atomic E-state index is 0.102. The molecule has 2 aliphatic heterocycles. The largest absolute Gasteiger partial charge is 0.390 e. The molecular formula is C51H70N24O7. The Kier molecular flexibility index (Phi) is 15.2. The molecule has 2 aliphatic carbocycles. The van der Waals surface area contributed by atoms with Crippen molar-refractivity contribution >= 4 is 51.9 Å². The summed E-state index contributed by atoms with van der Waals surface area (Å²) in [6.45, 7) is 10.5.